The third-order valence-corrected chi connectivity index (χ3v) is 5.78. The first-order valence-corrected chi connectivity index (χ1v) is 10.4. The quantitative estimate of drug-likeness (QED) is 0.617. The summed E-state index contributed by atoms with van der Waals surface area (Å²) >= 11 is 12.4. The van der Waals surface area contributed by atoms with Crippen LogP contribution in [0.25, 0.3) is 0 Å². The van der Waals surface area contributed by atoms with Crippen LogP contribution in [-0.2, 0) is 13.1 Å². The van der Waals surface area contributed by atoms with Gasteiger partial charge in [0.05, 0.1) is 18.4 Å². The summed E-state index contributed by atoms with van der Waals surface area (Å²) < 4.78 is 1.39. The average Bonchev–Trinajstić information content (AvgIpc) is 2.75. The zero-order chi connectivity index (χ0) is 20.2. The highest BCUT2D eigenvalue weighted by Gasteiger charge is 2.21. The molecule has 1 fully saturated rings. The molecular weight excluding hydrogens is 407 g/mol. The summed E-state index contributed by atoms with van der Waals surface area (Å²) in [5.74, 6) is 0. The van der Waals surface area contributed by atoms with E-state index in [4.69, 9.17) is 23.2 Å². The molecule has 4 rings (SSSR count). The van der Waals surface area contributed by atoms with E-state index in [1.807, 2.05) is 18.2 Å². The van der Waals surface area contributed by atoms with Crippen molar-refractivity contribution in [3.63, 3.8) is 0 Å². The zero-order valence-corrected chi connectivity index (χ0v) is 17.5. The predicted molar refractivity (Wildman–Crippen MR) is 118 cm³/mol. The lowest BCUT2D eigenvalue weighted by molar-refractivity contribution is 0.250. The van der Waals surface area contributed by atoms with Crippen molar-refractivity contribution in [2.45, 2.75) is 13.1 Å². The minimum absolute atomic E-state index is 0.227. The van der Waals surface area contributed by atoms with E-state index in [0.29, 0.717) is 17.3 Å². The van der Waals surface area contributed by atoms with Gasteiger partial charge in [-0.25, -0.2) is 4.68 Å². The van der Waals surface area contributed by atoms with E-state index < -0.39 is 0 Å². The van der Waals surface area contributed by atoms with Gasteiger partial charge in [0.1, 0.15) is 5.02 Å². The van der Waals surface area contributed by atoms with Crippen molar-refractivity contribution in [3.05, 3.63) is 92.3 Å². The number of benzene rings is 2. The molecular formula is C22H22Cl2N4O. The Bertz CT molecular complexity index is 1010. The molecule has 5 nitrogen and oxygen atoms in total. The van der Waals surface area contributed by atoms with Gasteiger partial charge in [-0.05, 0) is 23.3 Å². The van der Waals surface area contributed by atoms with E-state index in [-0.39, 0.29) is 10.6 Å². The first-order chi connectivity index (χ1) is 14.1. The highest BCUT2D eigenvalue weighted by molar-refractivity contribution is 6.33. The fraction of sp³-hybridized carbons (Fsp3) is 0.273. The molecule has 0 amide bonds. The van der Waals surface area contributed by atoms with Crippen LogP contribution in [0, 0.1) is 0 Å². The molecule has 1 aliphatic heterocycles. The molecule has 1 aromatic heterocycles. The van der Waals surface area contributed by atoms with Crippen molar-refractivity contribution >= 4 is 28.9 Å². The van der Waals surface area contributed by atoms with Gasteiger partial charge in [0, 0.05) is 37.7 Å². The molecule has 7 heteroatoms. The van der Waals surface area contributed by atoms with Crippen molar-refractivity contribution in [3.8, 4) is 0 Å². The normalized spacial score (nSPS) is 14.9. The van der Waals surface area contributed by atoms with Crippen molar-refractivity contribution in [2.24, 2.45) is 0 Å². The summed E-state index contributed by atoms with van der Waals surface area (Å²) in [5.41, 5.74) is 2.70. The Morgan fingerprint density at radius 1 is 0.828 bits per heavy atom. The Morgan fingerprint density at radius 3 is 2.17 bits per heavy atom. The summed E-state index contributed by atoms with van der Waals surface area (Å²) in [4.78, 5) is 17.3. The van der Waals surface area contributed by atoms with Crippen LogP contribution in [0.1, 0.15) is 11.1 Å². The van der Waals surface area contributed by atoms with E-state index >= 15 is 0 Å². The monoisotopic (exact) mass is 428 g/mol. The Balaban J connectivity index is 1.42. The summed E-state index contributed by atoms with van der Waals surface area (Å²) in [6, 6.07) is 17.8. The largest absolute Gasteiger partial charge is 0.366 e. The molecule has 150 valence electrons. The summed E-state index contributed by atoms with van der Waals surface area (Å²) in [7, 11) is 0. The number of aromatic nitrogens is 2. The Kier molecular flexibility index (Phi) is 6.19. The van der Waals surface area contributed by atoms with Crippen molar-refractivity contribution in [1.29, 1.82) is 0 Å². The first kappa shape index (κ1) is 20.0. The van der Waals surface area contributed by atoms with Gasteiger partial charge < -0.3 is 4.90 Å². The molecule has 0 spiro atoms. The SMILES string of the molecule is O=c1c(Cl)c(N2CCN(Cc3ccccc3)CC2)cnn1Cc1ccc(Cl)cc1. The van der Waals surface area contributed by atoms with Gasteiger partial charge in [0.15, 0.2) is 0 Å². The molecule has 1 saturated heterocycles. The maximum Gasteiger partial charge on any atom is 0.287 e. The van der Waals surface area contributed by atoms with Crippen LogP contribution in [-0.4, -0.2) is 40.9 Å². The Hall–Kier alpha value is -2.34. The highest BCUT2D eigenvalue weighted by atomic mass is 35.5. The van der Waals surface area contributed by atoms with Gasteiger partial charge in [-0.2, -0.15) is 5.10 Å². The average molecular weight is 429 g/mol. The van der Waals surface area contributed by atoms with Crippen LogP contribution in [0.4, 0.5) is 5.69 Å². The van der Waals surface area contributed by atoms with Crippen molar-refractivity contribution in [1.82, 2.24) is 14.7 Å². The molecule has 0 atom stereocenters. The molecule has 0 unspecified atom stereocenters. The van der Waals surface area contributed by atoms with Gasteiger partial charge >= 0.3 is 0 Å². The minimum Gasteiger partial charge on any atom is -0.366 e. The van der Waals surface area contributed by atoms with Crippen LogP contribution in [0.5, 0.6) is 0 Å². The lowest BCUT2D eigenvalue weighted by atomic mass is 10.2. The summed E-state index contributed by atoms with van der Waals surface area (Å²) in [5, 5.41) is 5.24. The van der Waals surface area contributed by atoms with E-state index in [1.54, 1.807) is 18.3 Å². The van der Waals surface area contributed by atoms with Crippen molar-refractivity contribution in [2.75, 3.05) is 31.1 Å². The fourth-order valence-electron chi connectivity index (χ4n) is 3.54. The second-order valence-corrected chi connectivity index (χ2v) is 8.00. The molecule has 0 radical (unpaired) electrons. The number of anilines is 1. The zero-order valence-electron chi connectivity index (χ0n) is 16.0. The number of rotatable bonds is 5. The molecule has 29 heavy (non-hydrogen) atoms. The molecule has 2 aromatic carbocycles. The van der Waals surface area contributed by atoms with E-state index in [1.165, 1.54) is 10.2 Å². The lowest BCUT2D eigenvalue weighted by Gasteiger charge is -2.36. The molecule has 1 aliphatic rings. The molecule has 0 bridgehead atoms. The fourth-order valence-corrected chi connectivity index (χ4v) is 3.93. The van der Waals surface area contributed by atoms with Crippen molar-refractivity contribution < 1.29 is 0 Å². The maximum absolute atomic E-state index is 12.7. The number of nitrogens with zero attached hydrogens (tertiary/aromatic N) is 4. The van der Waals surface area contributed by atoms with Gasteiger partial charge in [-0.1, -0.05) is 65.7 Å². The predicted octanol–water partition coefficient (Wildman–Crippen LogP) is 3.92. The van der Waals surface area contributed by atoms with Gasteiger partial charge in [-0.3, -0.25) is 9.69 Å². The Labute approximate surface area is 180 Å². The number of piperazine rings is 1. The molecule has 0 aliphatic carbocycles. The molecule has 0 N–H and O–H groups in total. The third kappa shape index (κ3) is 4.81. The van der Waals surface area contributed by atoms with E-state index in [9.17, 15) is 4.79 Å². The highest BCUT2D eigenvalue weighted by Crippen LogP contribution is 2.23. The summed E-state index contributed by atoms with van der Waals surface area (Å²) in [6.07, 6.45) is 1.70. The van der Waals surface area contributed by atoms with Crippen LogP contribution >= 0.6 is 23.2 Å². The van der Waals surface area contributed by atoms with Gasteiger partial charge in [0.2, 0.25) is 0 Å². The summed E-state index contributed by atoms with van der Waals surface area (Å²) in [6.45, 7) is 4.76. The van der Waals surface area contributed by atoms with Gasteiger partial charge in [0.25, 0.3) is 5.56 Å². The lowest BCUT2D eigenvalue weighted by Crippen LogP contribution is -2.46. The standard InChI is InChI=1S/C22H22Cl2N4O/c23-19-8-6-18(7-9-19)16-28-22(29)21(24)20(14-25-28)27-12-10-26(11-13-27)15-17-4-2-1-3-5-17/h1-9,14H,10-13,15-16H2. The van der Waals surface area contributed by atoms with E-state index in [2.05, 4.69) is 39.2 Å². The first-order valence-electron chi connectivity index (χ1n) is 9.61. The van der Waals surface area contributed by atoms with Crippen LogP contribution in [0.15, 0.2) is 65.6 Å². The molecule has 2 heterocycles. The molecule has 3 aromatic rings. The maximum atomic E-state index is 12.7. The number of hydrogen-bond donors (Lipinski definition) is 0. The van der Waals surface area contributed by atoms with Gasteiger partial charge in [-0.15, -0.1) is 0 Å². The van der Waals surface area contributed by atoms with Crippen LogP contribution in [0.2, 0.25) is 10.0 Å². The molecule has 0 saturated carbocycles. The number of hydrogen-bond acceptors (Lipinski definition) is 4. The van der Waals surface area contributed by atoms with Crippen LogP contribution < -0.4 is 10.5 Å². The topological polar surface area (TPSA) is 41.4 Å². The number of halogens is 2. The third-order valence-electron chi connectivity index (χ3n) is 5.17. The Morgan fingerprint density at radius 2 is 1.48 bits per heavy atom. The second-order valence-electron chi connectivity index (χ2n) is 7.18. The van der Waals surface area contributed by atoms with E-state index in [0.717, 1.165) is 38.3 Å². The second kappa shape index (κ2) is 8.99. The van der Waals surface area contributed by atoms with Crippen LogP contribution in [0.3, 0.4) is 0 Å². The minimum atomic E-state index is -0.272. The smallest absolute Gasteiger partial charge is 0.287 e.